The van der Waals surface area contributed by atoms with Crippen LogP contribution in [-0.2, 0) is 0 Å². The number of fused-ring (bicyclic) bond motifs is 4. The molecule has 3 aromatic heterocycles. The van der Waals surface area contributed by atoms with Gasteiger partial charge in [0.15, 0.2) is 5.82 Å². The molecule has 0 aliphatic heterocycles. The van der Waals surface area contributed by atoms with Crippen molar-refractivity contribution >= 4 is 32.7 Å². The Morgan fingerprint density at radius 2 is 1.15 bits per heavy atom. The van der Waals surface area contributed by atoms with Crippen molar-refractivity contribution in [2.24, 2.45) is 0 Å². The van der Waals surface area contributed by atoms with E-state index in [4.69, 9.17) is 14.4 Å². The third-order valence-electron chi connectivity index (χ3n) is 8.74. The second-order valence-corrected chi connectivity index (χ2v) is 11.7. The minimum Gasteiger partial charge on any atom is -0.456 e. The van der Waals surface area contributed by atoms with Gasteiger partial charge in [0.05, 0.1) is 11.4 Å². The third kappa shape index (κ3) is 4.93. The molecule has 0 saturated heterocycles. The number of benzene rings is 6. The van der Waals surface area contributed by atoms with Crippen molar-refractivity contribution in [2.45, 2.75) is 0 Å². The van der Waals surface area contributed by atoms with Gasteiger partial charge in [0.25, 0.3) is 0 Å². The first-order valence-electron chi connectivity index (χ1n) is 15.7. The lowest BCUT2D eigenvalue weighted by molar-refractivity contribution is 0.669. The maximum absolute atomic E-state index is 6.25. The van der Waals surface area contributed by atoms with Crippen molar-refractivity contribution in [3.63, 3.8) is 0 Å². The minimum absolute atomic E-state index is 0.668. The number of furan rings is 1. The van der Waals surface area contributed by atoms with E-state index >= 15 is 0 Å². The molecule has 0 fully saturated rings. The van der Waals surface area contributed by atoms with Crippen LogP contribution in [0.1, 0.15) is 0 Å². The Hall–Kier alpha value is -6.39. The van der Waals surface area contributed by atoms with Crippen molar-refractivity contribution in [3.05, 3.63) is 164 Å². The highest BCUT2D eigenvalue weighted by molar-refractivity contribution is 6.12. The molecule has 9 rings (SSSR count). The Morgan fingerprint density at radius 1 is 0.426 bits per heavy atom. The first-order valence-corrected chi connectivity index (χ1v) is 15.7. The maximum Gasteiger partial charge on any atom is 0.160 e. The predicted molar refractivity (Wildman–Crippen MR) is 192 cm³/mol. The molecule has 47 heavy (non-hydrogen) atoms. The summed E-state index contributed by atoms with van der Waals surface area (Å²) >= 11 is 0. The maximum atomic E-state index is 6.25. The molecular weight excluding hydrogens is 574 g/mol. The van der Waals surface area contributed by atoms with E-state index in [-0.39, 0.29) is 0 Å². The van der Waals surface area contributed by atoms with Gasteiger partial charge in [-0.3, -0.25) is 4.98 Å². The van der Waals surface area contributed by atoms with E-state index < -0.39 is 0 Å². The number of rotatable bonds is 5. The van der Waals surface area contributed by atoms with E-state index in [9.17, 15) is 0 Å². The number of nitrogens with zero attached hydrogens (tertiary/aromatic N) is 3. The molecule has 0 atom stereocenters. The molecule has 6 aromatic carbocycles. The zero-order valence-corrected chi connectivity index (χ0v) is 25.3. The molecule has 9 aromatic rings. The molecule has 220 valence electrons. The Balaban J connectivity index is 1.30. The quantitative estimate of drug-likeness (QED) is 0.197. The first kappa shape index (κ1) is 27.0. The number of hydrogen-bond donors (Lipinski definition) is 0. The highest BCUT2D eigenvalue weighted by Gasteiger charge is 2.17. The van der Waals surface area contributed by atoms with Crippen molar-refractivity contribution in [1.29, 1.82) is 0 Å². The third-order valence-corrected chi connectivity index (χ3v) is 8.74. The topological polar surface area (TPSA) is 51.8 Å². The highest BCUT2D eigenvalue weighted by atomic mass is 16.3. The van der Waals surface area contributed by atoms with Crippen LogP contribution in [0, 0.1) is 0 Å². The van der Waals surface area contributed by atoms with Gasteiger partial charge in [0, 0.05) is 45.4 Å². The van der Waals surface area contributed by atoms with Crippen LogP contribution in [0.2, 0.25) is 0 Å². The Labute approximate surface area is 271 Å². The summed E-state index contributed by atoms with van der Waals surface area (Å²) in [7, 11) is 0. The van der Waals surface area contributed by atoms with Gasteiger partial charge in [0.1, 0.15) is 11.2 Å². The van der Waals surface area contributed by atoms with Gasteiger partial charge in [-0.15, -0.1) is 0 Å². The van der Waals surface area contributed by atoms with E-state index in [1.807, 2.05) is 60.8 Å². The summed E-state index contributed by atoms with van der Waals surface area (Å²) in [6.07, 6.45) is 3.72. The SMILES string of the molecule is c1ccc(-c2nc(-c3cc(-c4cccnc4)cc(-c4ccc5ccccc5c4)c3)cc(-c3cccc4oc5ccccc5c34)n2)cc1. The van der Waals surface area contributed by atoms with Gasteiger partial charge >= 0.3 is 0 Å². The van der Waals surface area contributed by atoms with E-state index in [0.717, 1.165) is 72.3 Å². The smallest absolute Gasteiger partial charge is 0.160 e. The highest BCUT2D eigenvalue weighted by Crippen LogP contribution is 2.39. The van der Waals surface area contributed by atoms with Crippen molar-refractivity contribution in [1.82, 2.24) is 15.0 Å². The standard InChI is InChI=1S/C43H27N3O/c1-2-11-29(12-3-1)43-45-38(26-39(46-43)36-16-8-18-41-42(36)37-15-6-7-17-40(37)47-41)35-24-33(23-34(25-35)32-14-9-21-44-27-32)31-20-19-28-10-4-5-13-30(28)22-31/h1-27H. The Kier molecular flexibility index (Phi) is 6.43. The summed E-state index contributed by atoms with van der Waals surface area (Å²) < 4.78 is 6.25. The van der Waals surface area contributed by atoms with E-state index in [2.05, 4.69) is 102 Å². The molecule has 0 saturated carbocycles. The summed E-state index contributed by atoms with van der Waals surface area (Å²) in [6.45, 7) is 0. The van der Waals surface area contributed by atoms with Gasteiger partial charge < -0.3 is 4.42 Å². The molecule has 0 bridgehead atoms. The van der Waals surface area contributed by atoms with Crippen LogP contribution in [0.3, 0.4) is 0 Å². The molecule has 0 radical (unpaired) electrons. The molecule has 0 unspecified atom stereocenters. The van der Waals surface area contributed by atoms with Crippen molar-refractivity contribution in [2.75, 3.05) is 0 Å². The summed E-state index contributed by atoms with van der Waals surface area (Å²) in [5.41, 5.74) is 10.7. The van der Waals surface area contributed by atoms with E-state index in [1.54, 1.807) is 6.20 Å². The minimum atomic E-state index is 0.668. The second kappa shape index (κ2) is 11.2. The van der Waals surface area contributed by atoms with E-state index in [0.29, 0.717) is 5.82 Å². The van der Waals surface area contributed by atoms with Crippen LogP contribution < -0.4 is 0 Å². The summed E-state index contributed by atoms with van der Waals surface area (Å²) in [6, 6.07) is 52.5. The zero-order chi connectivity index (χ0) is 31.2. The first-order chi connectivity index (χ1) is 23.3. The lowest BCUT2D eigenvalue weighted by Crippen LogP contribution is -1.97. The normalized spacial score (nSPS) is 11.4. The fourth-order valence-corrected chi connectivity index (χ4v) is 6.45. The van der Waals surface area contributed by atoms with E-state index in [1.165, 1.54) is 10.8 Å². The van der Waals surface area contributed by atoms with Crippen LogP contribution in [0.25, 0.3) is 88.9 Å². The summed E-state index contributed by atoms with van der Waals surface area (Å²) in [5.74, 6) is 0.668. The molecule has 0 aliphatic carbocycles. The summed E-state index contributed by atoms with van der Waals surface area (Å²) in [5, 5.41) is 4.53. The second-order valence-electron chi connectivity index (χ2n) is 11.7. The number of pyridine rings is 1. The van der Waals surface area contributed by atoms with Crippen LogP contribution in [0.5, 0.6) is 0 Å². The molecule has 0 amide bonds. The largest absolute Gasteiger partial charge is 0.456 e. The van der Waals surface area contributed by atoms with Gasteiger partial charge in [-0.25, -0.2) is 9.97 Å². The fraction of sp³-hybridized carbons (Fsp3) is 0. The zero-order valence-electron chi connectivity index (χ0n) is 25.3. The molecular formula is C43H27N3O. The van der Waals surface area contributed by atoms with Crippen LogP contribution in [-0.4, -0.2) is 15.0 Å². The summed E-state index contributed by atoms with van der Waals surface area (Å²) in [4.78, 5) is 14.8. The van der Waals surface area contributed by atoms with Gasteiger partial charge in [-0.05, 0) is 76.0 Å². The number of hydrogen-bond acceptors (Lipinski definition) is 4. The average molecular weight is 602 g/mol. The lowest BCUT2D eigenvalue weighted by atomic mass is 9.94. The number of aromatic nitrogens is 3. The molecule has 0 spiro atoms. The van der Waals surface area contributed by atoms with Crippen LogP contribution in [0.4, 0.5) is 0 Å². The van der Waals surface area contributed by atoms with Gasteiger partial charge in [-0.2, -0.15) is 0 Å². The Morgan fingerprint density at radius 3 is 2.02 bits per heavy atom. The molecule has 0 N–H and O–H groups in total. The van der Waals surface area contributed by atoms with Crippen LogP contribution in [0.15, 0.2) is 168 Å². The molecule has 3 heterocycles. The molecule has 4 heteroatoms. The monoisotopic (exact) mass is 601 g/mol. The molecule has 4 nitrogen and oxygen atoms in total. The van der Waals surface area contributed by atoms with Crippen molar-refractivity contribution < 1.29 is 4.42 Å². The predicted octanol–water partition coefficient (Wildman–Crippen LogP) is 11.3. The van der Waals surface area contributed by atoms with Gasteiger partial charge in [0.2, 0.25) is 0 Å². The number of para-hydroxylation sites is 1. The van der Waals surface area contributed by atoms with Gasteiger partial charge in [-0.1, -0.05) is 103 Å². The molecule has 0 aliphatic rings. The Bertz CT molecular complexity index is 2570. The lowest BCUT2D eigenvalue weighted by Gasteiger charge is -2.14. The van der Waals surface area contributed by atoms with Crippen LogP contribution >= 0.6 is 0 Å². The fourth-order valence-electron chi connectivity index (χ4n) is 6.45. The van der Waals surface area contributed by atoms with Crippen molar-refractivity contribution in [3.8, 4) is 56.2 Å². The average Bonchev–Trinajstić information content (AvgIpc) is 3.54.